The Morgan fingerprint density at radius 1 is 1.08 bits per heavy atom. The lowest BCUT2D eigenvalue weighted by Gasteiger charge is -2.07. The maximum Gasteiger partial charge on any atom is 0.230 e. The number of thioether (sulfide) groups is 1. The highest BCUT2D eigenvalue weighted by Crippen LogP contribution is 2.14. The summed E-state index contributed by atoms with van der Waals surface area (Å²) in [6.45, 7) is 4.07. The number of carbonyl (C=O) groups excluding carboxylic acids is 2. The van der Waals surface area contributed by atoms with Crippen molar-refractivity contribution in [3.8, 4) is 0 Å². The minimum absolute atomic E-state index is 0.145. The quantitative estimate of drug-likeness (QED) is 0.528. The van der Waals surface area contributed by atoms with Crippen molar-refractivity contribution >= 4 is 45.2 Å². The average molecular weight is 423 g/mol. The molecule has 0 aliphatic rings. The van der Waals surface area contributed by atoms with E-state index in [9.17, 15) is 9.59 Å². The summed E-state index contributed by atoms with van der Waals surface area (Å²) in [7, 11) is 0. The van der Waals surface area contributed by atoms with Gasteiger partial charge in [-0.15, -0.1) is 0 Å². The molecule has 0 saturated heterocycles. The molecular formula is C17H19BrN4O2S. The van der Waals surface area contributed by atoms with Gasteiger partial charge in [-0.25, -0.2) is 9.97 Å². The zero-order chi connectivity index (χ0) is 18.2. The third kappa shape index (κ3) is 7.23. The van der Waals surface area contributed by atoms with Gasteiger partial charge in [0.05, 0.1) is 5.75 Å². The van der Waals surface area contributed by atoms with Crippen molar-refractivity contribution in [3.63, 3.8) is 0 Å². The second kappa shape index (κ2) is 9.53. The van der Waals surface area contributed by atoms with Crippen LogP contribution < -0.4 is 10.6 Å². The van der Waals surface area contributed by atoms with E-state index in [1.54, 1.807) is 12.1 Å². The van der Waals surface area contributed by atoms with E-state index >= 15 is 0 Å². The van der Waals surface area contributed by atoms with E-state index in [0.717, 1.165) is 21.5 Å². The van der Waals surface area contributed by atoms with Crippen LogP contribution in [0.5, 0.6) is 0 Å². The number of carbonyl (C=O) groups is 2. The van der Waals surface area contributed by atoms with E-state index in [-0.39, 0.29) is 30.5 Å². The van der Waals surface area contributed by atoms with Gasteiger partial charge in [0, 0.05) is 34.5 Å². The molecule has 0 radical (unpaired) electrons. The number of aryl methyl sites for hydroxylation is 2. The summed E-state index contributed by atoms with van der Waals surface area (Å²) in [4.78, 5) is 32.2. The summed E-state index contributed by atoms with van der Waals surface area (Å²) in [5, 5.41) is 6.09. The van der Waals surface area contributed by atoms with Gasteiger partial charge in [-0.05, 0) is 44.2 Å². The van der Waals surface area contributed by atoms with Crippen molar-refractivity contribution in [2.24, 2.45) is 0 Å². The molecule has 0 atom stereocenters. The van der Waals surface area contributed by atoms with Crippen LogP contribution in [0.3, 0.4) is 0 Å². The van der Waals surface area contributed by atoms with Gasteiger partial charge in [-0.2, -0.15) is 0 Å². The average Bonchev–Trinajstić information content (AvgIpc) is 2.54. The molecule has 25 heavy (non-hydrogen) atoms. The van der Waals surface area contributed by atoms with Crippen LogP contribution >= 0.6 is 27.7 Å². The zero-order valence-corrected chi connectivity index (χ0v) is 16.4. The fourth-order valence-electron chi connectivity index (χ4n) is 2.01. The van der Waals surface area contributed by atoms with Gasteiger partial charge in [0.1, 0.15) is 0 Å². The Bertz CT molecular complexity index is 733. The number of nitrogens with one attached hydrogen (secondary N) is 2. The van der Waals surface area contributed by atoms with Crippen molar-refractivity contribution in [1.82, 2.24) is 15.3 Å². The van der Waals surface area contributed by atoms with Gasteiger partial charge in [0.15, 0.2) is 5.16 Å². The van der Waals surface area contributed by atoms with Gasteiger partial charge >= 0.3 is 0 Å². The third-order valence-electron chi connectivity index (χ3n) is 3.10. The number of halogens is 1. The van der Waals surface area contributed by atoms with Crippen LogP contribution in [-0.2, 0) is 9.59 Å². The van der Waals surface area contributed by atoms with Gasteiger partial charge in [0.2, 0.25) is 11.8 Å². The van der Waals surface area contributed by atoms with Crippen LogP contribution in [0.15, 0.2) is 40.0 Å². The molecule has 2 rings (SSSR count). The molecule has 1 aromatic heterocycles. The highest BCUT2D eigenvalue weighted by molar-refractivity contribution is 9.10. The number of hydrogen-bond acceptors (Lipinski definition) is 5. The SMILES string of the molecule is Cc1cc(C)nc(SCC(=O)NCCC(=O)Nc2ccc(Br)cc2)n1. The molecule has 2 N–H and O–H groups in total. The number of rotatable bonds is 7. The first-order chi connectivity index (χ1) is 11.9. The van der Waals surface area contributed by atoms with Crippen molar-refractivity contribution in [1.29, 1.82) is 0 Å². The van der Waals surface area contributed by atoms with Crippen molar-refractivity contribution in [2.45, 2.75) is 25.4 Å². The first-order valence-corrected chi connectivity index (χ1v) is 9.47. The summed E-state index contributed by atoms with van der Waals surface area (Å²) in [6.07, 6.45) is 0.215. The molecule has 0 unspecified atom stereocenters. The fourth-order valence-corrected chi connectivity index (χ4v) is 3.06. The maximum atomic E-state index is 11.8. The first kappa shape index (κ1) is 19.4. The summed E-state index contributed by atoms with van der Waals surface area (Å²) in [6, 6.07) is 9.20. The maximum absolute atomic E-state index is 11.8. The van der Waals surface area contributed by atoms with E-state index in [1.165, 1.54) is 11.8 Å². The molecule has 132 valence electrons. The van der Waals surface area contributed by atoms with E-state index in [4.69, 9.17) is 0 Å². The van der Waals surface area contributed by atoms with Gasteiger partial charge < -0.3 is 10.6 Å². The summed E-state index contributed by atoms with van der Waals surface area (Å²) >= 11 is 4.62. The molecule has 2 aromatic rings. The Balaban J connectivity index is 1.67. The molecule has 0 spiro atoms. The van der Waals surface area contributed by atoms with Gasteiger partial charge in [-0.3, -0.25) is 9.59 Å². The molecule has 0 aliphatic carbocycles. The molecule has 1 aromatic carbocycles. The second-order valence-corrected chi connectivity index (χ2v) is 7.24. The minimum Gasteiger partial charge on any atom is -0.355 e. The lowest BCUT2D eigenvalue weighted by molar-refractivity contribution is -0.119. The summed E-state index contributed by atoms with van der Waals surface area (Å²) < 4.78 is 0.947. The largest absolute Gasteiger partial charge is 0.355 e. The van der Waals surface area contributed by atoms with Crippen LogP contribution in [0, 0.1) is 13.8 Å². The predicted molar refractivity (Wildman–Crippen MR) is 103 cm³/mol. The smallest absolute Gasteiger partial charge is 0.230 e. The van der Waals surface area contributed by atoms with Crippen LogP contribution in [0.25, 0.3) is 0 Å². The number of amides is 2. The summed E-state index contributed by atoms with van der Waals surface area (Å²) in [5.74, 6) is -0.0749. The Kier molecular flexibility index (Phi) is 7.39. The molecule has 1 heterocycles. The topological polar surface area (TPSA) is 84.0 Å². The monoisotopic (exact) mass is 422 g/mol. The molecule has 6 nitrogen and oxygen atoms in total. The Labute approximate surface area is 159 Å². The number of nitrogens with zero attached hydrogens (tertiary/aromatic N) is 2. The lowest BCUT2D eigenvalue weighted by Crippen LogP contribution is -2.29. The normalized spacial score (nSPS) is 10.4. The number of benzene rings is 1. The Hall–Kier alpha value is -1.93. The highest BCUT2D eigenvalue weighted by Gasteiger charge is 2.07. The molecule has 0 aliphatic heterocycles. The summed E-state index contributed by atoms with van der Waals surface area (Å²) in [5.41, 5.74) is 2.47. The van der Waals surface area contributed by atoms with Gasteiger partial charge in [-0.1, -0.05) is 27.7 Å². The van der Waals surface area contributed by atoms with Crippen LogP contribution in [0.2, 0.25) is 0 Å². The van der Waals surface area contributed by atoms with E-state index < -0.39 is 0 Å². The van der Waals surface area contributed by atoms with Crippen molar-refractivity contribution < 1.29 is 9.59 Å². The fraction of sp³-hybridized carbons (Fsp3) is 0.294. The molecule has 0 bridgehead atoms. The minimum atomic E-state index is -0.149. The van der Waals surface area contributed by atoms with Crippen molar-refractivity contribution in [2.75, 3.05) is 17.6 Å². The van der Waals surface area contributed by atoms with Crippen LogP contribution in [0.1, 0.15) is 17.8 Å². The van der Waals surface area contributed by atoms with E-state index in [0.29, 0.717) is 5.16 Å². The zero-order valence-electron chi connectivity index (χ0n) is 14.0. The highest BCUT2D eigenvalue weighted by atomic mass is 79.9. The second-order valence-electron chi connectivity index (χ2n) is 5.38. The van der Waals surface area contributed by atoms with Crippen molar-refractivity contribution in [3.05, 3.63) is 46.2 Å². The van der Waals surface area contributed by atoms with Crippen LogP contribution in [-0.4, -0.2) is 34.1 Å². The molecule has 0 saturated carbocycles. The molecular weight excluding hydrogens is 404 g/mol. The number of hydrogen-bond donors (Lipinski definition) is 2. The van der Waals surface area contributed by atoms with Gasteiger partial charge in [0.25, 0.3) is 0 Å². The molecule has 0 fully saturated rings. The van der Waals surface area contributed by atoms with Crippen LogP contribution in [0.4, 0.5) is 5.69 Å². The van der Waals surface area contributed by atoms with E-state index in [2.05, 4.69) is 36.5 Å². The third-order valence-corrected chi connectivity index (χ3v) is 4.47. The Morgan fingerprint density at radius 2 is 1.72 bits per heavy atom. The first-order valence-electron chi connectivity index (χ1n) is 7.69. The Morgan fingerprint density at radius 3 is 2.36 bits per heavy atom. The lowest BCUT2D eigenvalue weighted by atomic mass is 10.3. The molecule has 2 amide bonds. The standard InChI is InChI=1S/C17H19BrN4O2S/c1-11-9-12(2)21-17(20-11)25-10-16(24)19-8-7-15(23)22-14-5-3-13(18)4-6-14/h3-6,9H,7-8,10H2,1-2H3,(H,19,24)(H,22,23). The number of anilines is 1. The number of aromatic nitrogens is 2. The molecule has 8 heteroatoms. The van der Waals surface area contributed by atoms with E-state index in [1.807, 2.05) is 32.0 Å². The predicted octanol–water partition coefficient (Wildman–Crippen LogP) is 3.09.